The van der Waals surface area contributed by atoms with Crippen molar-refractivity contribution in [1.29, 1.82) is 0 Å². The number of benzene rings is 1. The van der Waals surface area contributed by atoms with Gasteiger partial charge >= 0.3 is 6.03 Å². The van der Waals surface area contributed by atoms with Crippen molar-refractivity contribution in [2.75, 3.05) is 32.7 Å². The van der Waals surface area contributed by atoms with Crippen LogP contribution < -0.4 is 5.32 Å². The van der Waals surface area contributed by atoms with Gasteiger partial charge in [-0.1, -0.05) is 30.3 Å². The van der Waals surface area contributed by atoms with Gasteiger partial charge in [0, 0.05) is 6.54 Å². The first-order valence-corrected chi connectivity index (χ1v) is 10.4. The Morgan fingerprint density at radius 3 is 2.55 bits per heavy atom. The van der Waals surface area contributed by atoms with Crippen molar-refractivity contribution >= 4 is 6.03 Å². The second kappa shape index (κ2) is 8.16. The van der Waals surface area contributed by atoms with Crippen molar-refractivity contribution in [2.24, 2.45) is 5.92 Å². The Bertz CT molecular complexity index is 817. The maximum atomic E-state index is 12.4. The van der Waals surface area contributed by atoms with Gasteiger partial charge in [0.05, 0.1) is 25.3 Å². The molecule has 1 aromatic carbocycles. The van der Waals surface area contributed by atoms with Crippen LogP contribution in [0.4, 0.5) is 4.79 Å². The van der Waals surface area contributed by atoms with E-state index in [-0.39, 0.29) is 6.03 Å². The molecule has 3 heterocycles. The van der Waals surface area contributed by atoms with Crippen molar-refractivity contribution in [3.63, 3.8) is 0 Å². The molecule has 2 saturated heterocycles. The molecule has 7 heteroatoms. The minimum atomic E-state index is -0.916. The van der Waals surface area contributed by atoms with Crippen LogP contribution in [0.1, 0.15) is 35.7 Å². The van der Waals surface area contributed by atoms with Crippen LogP contribution in [0.25, 0.3) is 0 Å². The number of aliphatic hydroxyl groups is 1. The van der Waals surface area contributed by atoms with Crippen LogP contribution in [-0.4, -0.2) is 58.6 Å². The lowest BCUT2D eigenvalue weighted by molar-refractivity contribution is -0.0817. The quantitative estimate of drug-likeness (QED) is 0.808. The monoisotopic (exact) mass is 398 g/mol. The van der Waals surface area contributed by atoms with E-state index in [1.165, 1.54) is 0 Å². The number of aromatic nitrogens is 1. The zero-order valence-corrected chi connectivity index (χ0v) is 17.2. The molecule has 7 nitrogen and oxygen atoms in total. The van der Waals surface area contributed by atoms with E-state index in [0.29, 0.717) is 25.6 Å². The molecule has 0 unspecified atom stereocenters. The predicted molar refractivity (Wildman–Crippen MR) is 109 cm³/mol. The van der Waals surface area contributed by atoms with E-state index >= 15 is 0 Å². The van der Waals surface area contributed by atoms with Gasteiger partial charge in [-0.3, -0.25) is 4.90 Å². The molecule has 2 aromatic rings. The Kier molecular flexibility index (Phi) is 5.61. The maximum Gasteiger partial charge on any atom is 0.317 e. The standard InChI is InChI=1S/C22H30N4O3/c1-16-17(2)29-20(24-16)13-25-10-8-18(9-11-25)12-23-21(27)26-14-22(28,15-26)19-6-4-3-5-7-19/h3-7,18,28H,8-15H2,1-2H3,(H,23,27). The van der Waals surface area contributed by atoms with Gasteiger partial charge in [0.15, 0.2) is 0 Å². The summed E-state index contributed by atoms with van der Waals surface area (Å²) in [5.74, 6) is 2.16. The first-order chi connectivity index (χ1) is 13.9. The number of piperidine rings is 1. The Balaban J connectivity index is 1.17. The highest BCUT2D eigenvalue weighted by atomic mass is 16.4. The third-order valence-electron chi connectivity index (χ3n) is 6.18. The molecule has 2 fully saturated rings. The van der Waals surface area contributed by atoms with Crippen molar-refractivity contribution in [1.82, 2.24) is 20.1 Å². The number of aryl methyl sites for hydroxylation is 2. The molecule has 29 heavy (non-hydrogen) atoms. The summed E-state index contributed by atoms with van der Waals surface area (Å²) >= 11 is 0. The number of oxazole rings is 1. The lowest BCUT2D eigenvalue weighted by Crippen LogP contribution is -2.63. The number of carbonyl (C=O) groups excluding carboxylic acids is 1. The van der Waals surface area contributed by atoms with E-state index in [4.69, 9.17) is 4.42 Å². The average molecular weight is 399 g/mol. The van der Waals surface area contributed by atoms with E-state index in [2.05, 4.69) is 15.2 Å². The topological polar surface area (TPSA) is 81.8 Å². The van der Waals surface area contributed by atoms with Crippen molar-refractivity contribution in [3.05, 3.63) is 53.2 Å². The fourth-order valence-corrected chi connectivity index (χ4v) is 4.15. The first kappa shape index (κ1) is 19.9. The molecule has 0 radical (unpaired) electrons. The summed E-state index contributed by atoms with van der Waals surface area (Å²) in [6.07, 6.45) is 2.10. The van der Waals surface area contributed by atoms with E-state index in [9.17, 15) is 9.90 Å². The lowest BCUT2D eigenvalue weighted by Gasteiger charge is -2.46. The Morgan fingerprint density at radius 1 is 1.24 bits per heavy atom. The van der Waals surface area contributed by atoms with Crippen LogP contribution in [0, 0.1) is 19.8 Å². The van der Waals surface area contributed by atoms with Crippen LogP contribution >= 0.6 is 0 Å². The van der Waals surface area contributed by atoms with Crippen molar-refractivity contribution in [2.45, 2.75) is 38.8 Å². The zero-order valence-electron chi connectivity index (χ0n) is 17.2. The van der Waals surface area contributed by atoms with E-state index in [0.717, 1.165) is 55.4 Å². The number of hydrogen-bond donors (Lipinski definition) is 2. The maximum absolute atomic E-state index is 12.4. The van der Waals surface area contributed by atoms with Gasteiger partial charge in [0.2, 0.25) is 5.89 Å². The normalized spacial score (nSPS) is 19.8. The Hall–Kier alpha value is -2.38. The van der Waals surface area contributed by atoms with E-state index in [1.807, 2.05) is 44.2 Å². The third kappa shape index (κ3) is 4.46. The number of amides is 2. The predicted octanol–water partition coefficient (Wildman–Crippen LogP) is 2.42. The molecular formula is C22H30N4O3. The van der Waals surface area contributed by atoms with E-state index < -0.39 is 5.60 Å². The summed E-state index contributed by atoms with van der Waals surface area (Å²) in [6.45, 7) is 8.00. The highest BCUT2D eigenvalue weighted by Gasteiger charge is 2.44. The largest absolute Gasteiger partial charge is 0.444 e. The van der Waals surface area contributed by atoms with Crippen LogP contribution in [0.15, 0.2) is 34.7 Å². The summed E-state index contributed by atoms with van der Waals surface area (Å²) in [5, 5.41) is 13.7. The van der Waals surface area contributed by atoms with Gasteiger partial charge in [-0.05, 0) is 51.3 Å². The van der Waals surface area contributed by atoms with Gasteiger partial charge in [-0.15, -0.1) is 0 Å². The number of likely N-dealkylation sites (tertiary alicyclic amines) is 2. The molecule has 2 N–H and O–H groups in total. The van der Waals surface area contributed by atoms with Gasteiger partial charge in [-0.2, -0.15) is 0 Å². The zero-order chi connectivity index (χ0) is 20.4. The Morgan fingerprint density at radius 2 is 1.93 bits per heavy atom. The number of β-amino-alcohol motifs (C(OH)–C–C–N with tert-alkyl or cyclic N) is 1. The van der Waals surface area contributed by atoms with Crippen LogP contribution in [-0.2, 0) is 12.1 Å². The minimum Gasteiger partial charge on any atom is -0.444 e. The highest BCUT2D eigenvalue weighted by molar-refractivity contribution is 5.75. The van der Waals surface area contributed by atoms with Crippen molar-refractivity contribution < 1.29 is 14.3 Å². The molecule has 0 spiro atoms. The molecule has 2 aliphatic rings. The number of nitrogens with zero attached hydrogens (tertiary/aromatic N) is 3. The third-order valence-corrected chi connectivity index (χ3v) is 6.18. The number of urea groups is 1. The number of rotatable bonds is 5. The first-order valence-electron chi connectivity index (χ1n) is 10.4. The second-order valence-corrected chi connectivity index (χ2v) is 8.41. The fraction of sp³-hybridized carbons (Fsp3) is 0.545. The summed E-state index contributed by atoms with van der Waals surface area (Å²) in [6, 6.07) is 9.47. The Labute approximate surface area is 171 Å². The number of nitrogens with one attached hydrogen (secondary N) is 1. The molecular weight excluding hydrogens is 368 g/mol. The van der Waals surface area contributed by atoms with Crippen LogP contribution in [0.5, 0.6) is 0 Å². The molecule has 4 rings (SSSR count). The molecule has 156 valence electrons. The summed E-state index contributed by atoms with van der Waals surface area (Å²) in [5.41, 5.74) is 0.913. The van der Waals surface area contributed by atoms with Gasteiger partial charge < -0.3 is 19.7 Å². The van der Waals surface area contributed by atoms with Gasteiger partial charge in [-0.25, -0.2) is 9.78 Å². The molecule has 0 atom stereocenters. The highest BCUT2D eigenvalue weighted by Crippen LogP contribution is 2.31. The summed E-state index contributed by atoms with van der Waals surface area (Å²) < 4.78 is 5.68. The van der Waals surface area contributed by atoms with Gasteiger partial charge in [0.25, 0.3) is 0 Å². The molecule has 1 aromatic heterocycles. The fourth-order valence-electron chi connectivity index (χ4n) is 4.15. The number of hydrogen-bond acceptors (Lipinski definition) is 5. The smallest absolute Gasteiger partial charge is 0.317 e. The SMILES string of the molecule is Cc1nc(CN2CCC(CNC(=O)N3CC(O)(c4ccccc4)C3)CC2)oc1C. The van der Waals surface area contributed by atoms with Crippen LogP contribution in [0.3, 0.4) is 0 Å². The van der Waals surface area contributed by atoms with Gasteiger partial charge in [0.1, 0.15) is 11.4 Å². The molecule has 0 bridgehead atoms. The summed E-state index contributed by atoms with van der Waals surface area (Å²) in [4.78, 5) is 20.9. The summed E-state index contributed by atoms with van der Waals surface area (Å²) in [7, 11) is 0. The molecule has 0 saturated carbocycles. The lowest BCUT2D eigenvalue weighted by atomic mass is 9.86. The molecule has 2 aliphatic heterocycles. The second-order valence-electron chi connectivity index (χ2n) is 8.41. The van der Waals surface area contributed by atoms with E-state index in [1.54, 1.807) is 4.90 Å². The molecule has 2 amide bonds. The minimum absolute atomic E-state index is 0.0845. The van der Waals surface area contributed by atoms with Crippen LogP contribution in [0.2, 0.25) is 0 Å². The van der Waals surface area contributed by atoms with Crippen molar-refractivity contribution in [3.8, 4) is 0 Å². The molecule has 0 aliphatic carbocycles. The number of carbonyl (C=O) groups is 1. The average Bonchev–Trinajstić information content (AvgIpc) is 3.02.